The molecule has 2 fully saturated rings. The number of sulfonamides is 1. The lowest BCUT2D eigenvalue weighted by Crippen LogP contribution is -2.59. The van der Waals surface area contributed by atoms with Gasteiger partial charge >= 0.3 is 6.03 Å². The van der Waals surface area contributed by atoms with Gasteiger partial charge in [0.2, 0.25) is 5.88 Å². The van der Waals surface area contributed by atoms with E-state index in [1.807, 2.05) is 0 Å². The molecule has 1 atom stereocenters. The minimum absolute atomic E-state index is 0.0289. The van der Waals surface area contributed by atoms with Crippen LogP contribution in [0.2, 0.25) is 0 Å². The van der Waals surface area contributed by atoms with Gasteiger partial charge in [0, 0.05) is 30.9 Å². The molecule has 1 aromatic heterocycles. The number of hydrogen-bond donors (Lipinski definition) is 1. The summed E-state index contributed by atoms with van der Waals surface area (Å²) in [6, 6.07) is 13.1. The molecule has 13 nitrogen and oxygen atoms in total. The highest BCUT2D eigenvalue weighted by atomic mass is 32.2. The molecular weight excluding hydrogens is 660 g/mol. The number of carbonyl (C=O) groups is 2. The van der Waals surface area contributed by atoms with Gasteiger partial charge in [-0.25, -0.2) is 18.2 Å². The highest BCUT2D eigenvalue weighted by Crippen LogP contribution is 2.50. The molecule has 1 spiro atoms. The van der Waals surface area contributed by atoms with Crippen LogP contribution in [0.25, 0.3) is 0 Å². The van der Waals surface area contributed by atoms with E-state index in [2.05, 4.69) is 28.2 Å². The monoisotopic (exact) mass is 702 g/mol. The Morgan fingerprint density at radius 2 is 1.70 bits per heavy atom. The number of anilines is 1. The first-order valence-corrected chi connectivity index (χ1v) is 18.3. The van der Waals surface area contributed by atoms with Gasteiger partial charge in [0.15, 0.2) is 5.54 Å². The van der Waals surface area contributed by atoms with E-state index >= 15 is 4.79 Å². The van der Waals surface area contributed by atoms with E-state index in [4.69, 9.17) is 14.2 Å². The van der Waals surface area contributed by atoms with Crippen LogP contribution in [0.3, 0.4) is 0 Å². The first-order valence-electron chi connectivity index (χ1n) is 16.8. The van der Waals surface area contributed by atoms with E-state index in [9.17, 15) is 18.5 Å². The molecule has 0 saturated carbocycles. The van der Waals surface area contributed by atoms with Gasteiger partial charge in [0.05, 0.1) is 43.7 Å². The van der Waals surface area contributed by atoms with Gasteiger partial charge in [-0.05, 0) is 100 Å². The van der Waals surface area contributed by atoms with E-state index in [1.54, 1.807) is 24.0 Å². The predicted molar refractivity (Wildman–Crippen MR) is 185 cm³/mol. The third kappa shape index (κ3) is 5.88. The number of rotatable bonds is 9. The van der Waals surface area contributed by atoms with Crippen molar-refractivity contribution in [3.8, 4) is 23.4 Å². The number of urea groups is 1. The number of pyridine rings is 1. The third-order valence-electron chi connectivity index (χ3n) is 10.4. The van der Waals surface area contributed by atoms with E-state index in [0.717, 1.165) is 45.3 Å². The van der Waals surface area contributed by atoms with Crippen molar-refractivity contribution in [3.05, 3.63) is 71.4 Å². The molecule has 3 aromatic rings. The zero-order valence-corrected chi connectivity index (χ0v) is 29.6. The second-order valence-corrected chi connectivity index (χ2v) is 14.6. The summed E-state index contributed by atoms with van der Waals surface area (Å²) in [5, 5.41) is 12.9. The lowest BCUT2D eigenvalue weighted by Gasteiger charge is -2.47. The van der Waals surface area contributed by atoms with Gasteiger partial charge in [-0.1, -0.05) is 6.92 Å². The van der Waals surface area contributed by atoms with E-state index in [1.165, 1.54) is 56.8 Å². The number of hydrogen-bond acceptors (Lipinski definition) is 10. The smallest absolute Gasteiger partial charge is 0.318 e. The van der Waals surface area contributed by atoms with Gasteiger partial charge in [0.1, 0.15) is 16.4 Å². The fourth-order valence-corrected chi connectivity index (χ4v) is 9.04. The SMILES string of the molecule is CCOc1ncccc1[C@@]1(NC(=O)N2CCC3(CCN(CC)CC3)CC2)C(=O)N(S(=O)(=O)c2ccc(OC)cc2OC)c2ccc(C#N)cc21. The fourth-order valence-electron chi connectivity index (χ4n) is 7.43. The Morgan fingerprint density at radius 3 is 2.34 bits per heavy atom. The molecule has 14 heteroatoms. The summed E-state index contributed by atoms with van der Waals surface area (Å²) < 4.78 is 46.5. The summed E-state index contributed by atoms with van der Waals surface area (Å²) in [5.74, 6) is -0.635. The fraction of sp³-hybridized carbons (Fsp3) is 0.444. The van der Waals surface area contributed by atoms with Crippen molar-refractivity contribution >= 4 is 27.6 Å². The van der Waals surface area contributed by atoms with Crippen LogP contribution >= 0.6 is 0 Å². The van der Waals surface area contributed by atoms with Crippen molar-refractivity contribution in [2.75, 3.05) is 57.9 Å². The summed E-state index contributed by atoms with van der Waals surface area (Å²) in [6.45, 7) is 8.14. The number of nitrogens with zero attached hydrogens (tertiary/aromatic N) is 5. The predicted octanol–water partition coefficient (Wildman–Crippen LogP) is 4.26. The summed E-state index contributed by atoms with van der Waals surface area (Å²) >= 11 is 0. The number of nitriles is 1. The second kappa shape index (κ2) is 13.8. The number of carbonyl (C=O) groups excluding carboxylic acids is 2. The largest absolute Gasteiger partial charge is 0.497 e. The zero-order chi connectivity index (χ0) is 35.7. The molecule has 0 aliphatic carbocycles. The van der Waals surface area contributed by atoms with Crippen molar-refractivity contribution in [1.82, 2.24) is 20.1 Å². The van der Waals surface area contributed by atoms with Crippen molar-refractivity contribution in [2.24, 2.45) is 5.41 Å². The third-order valence-corrected chi connectivity index (χ3v) is 12.1. The molecule has 3 amide bonds. The van der Waals surface area contributed by atoms with Gasteiger partial charge in [-0.2, -0.15) is 9.57 Å². The summed E-state index contributed by atoms with van der Waals surface area (Å²) in [7, 11) is -1.93. The van der Waals surface area contributed by atoms with Crippen LogP contribution in [-0.2, 0) is 20.4 Å². The van der Waals surface area contributed by atoms with E-state index < -0.39 is 27.5 Å². The number of amides is 3. The minimum atomic E-state index is -4.69. The van der Waals surface area contributed by atoms with Crippen molar-refractivity contribution in [1.29, 1.82) is 5.26 Å². The van der Waals surface area contributed by atoms with Crippen LogP contribution in [0.1, 0.15) is 56.2 Å². The number of methoxy groups -OCH3 is 2. The number of nitrogens with one attached hydrogen (secondary N) is 1. The maximum Gasteiger partial charge on any atom is 0.318 e. The van der Waals surface area contributed by atoms with Gasteiger partial charge in [0.25, 0.3) is 15.9 Å². The quantitative estimate of drug-likeness (QED) is 0.342. The summed E-state index contributed by atoms with van der Waals surface area (Å²) in [4.78, 5) is 37.8. The molecule has 3 aliphatic rings. The first-order chi connectivity index (χ1) is 24.1. The topological polar surface area (TPSA) is 154 Å². The van der Waals surface area contributed by atoms with Crippen LogP contribution in [0.4, 0.5) is 10.5 Å². The van der Waals surface area contributed by atoms with E-state index in [0.29, 0.717) is 23.1 Å². The summed E-state index contributed by atoms with van der Waals surface area (Å²) in [6.07, 6.45) is 5.27. The molecule has 6 rings (SSSR count). The average Bonchev–Trinajstić information content (AvgIpc) is 3.39. The number of likely N-dealkylation sites (tertiary alicyclic amines) is 2. The molecule has 3 aliphatic heterocycles. The Kier molecular flexibility index (Phi) is 9.65. The van der Waals surface area contributed by atoms with Crippen LogP contribution in [0.15, 0.2) is 59.6 Å². The number of fused-ring (bicyclic) bond motifs is 1. The number of aromatic nitrogens is 1. The molecule has 0 radical (unpaired) electrons. The second-order valence-electron chi connectivity index (χ2n) is 12.8. The summed E-state index contributed by atoms with van der Waals surface area (Å²) in [5.41, 5.74) is -1.61. The van der Waals surface area contributed by atoms with Crippen LogP contribution in [0.5, 0.6) is 17.4 Å². The van der Waals surface area contributed by atoms with E-state index in [-0.39, 0.29) is 50.9 Å². The molecule has 0 bridgehead atoms. The molecular formula is C36H42N6O7S. The maximum atomic E-state index is 15.2. The number of benzene rings is 2. The van der Waals surface area contributed by atoms with Crippen LogP contribution in [-0.4, -0.2) is 88.7 Å². The average molecular weight is 703 g/mol. The lowest BCUT2D eigenvalue weighted by molar-refractivity contribution is -0.121. The molecule has 4 heterocycles. The molecule has 50 heavy (non-hydrogen) atoms. The van der Waals surface area contributed by atoms with Gasteiger partial charge in [-0.3, -0.25) is 4.79 Å². The molecule has 2 saturated heterocycles. The Labute approximate surface area is 292 Å². The molecule has 0 unspecified atom stereocenters. The first kappa shape index (κ1) is 35.0. The Morgan fingerprint density at radius 1 is 0.980 bits per heavy atom. The lowest BCUT2D eigenvalue weighted by atomic mass is 9.71. The Bertz CT molecular complexity index is 1930. The van der Waals surface area contributed by atoms with Crippen molar-refractivity contribution < 1.29 is 32.2 Å². The standard InChI is InChI=1S/C36H42N6O7S/c1-5-40-18-13-35(14-19-40)15-20-41(21-16-35)34(44)39-36(27-8-7-17-38-32(27)49-6-2)28-22-25(24-37)9-11-29(28)42(33(36)43)50(45,46)31-12-10-26(47-3)23-30(31)48-4/h7-12,17,22-23H,5-6,13-16,18-21H2,1-4H3,(H,39,44)/t36-/m0/s1. The molecule has 264 valence electrons. The molecule has 1 N–H and O–H groups in total. The van der Waals surface area contributed by atoms with Gasteiger partial charge in [-0.15, -0.1) is 0 Å². The minimum Gasteiger partial charge on any atom is -0.497 e. The van der Waals surface area contributed by atoms with Crippen molar-refractivity contribution in [3.63, 3.8) is 0 Å². The number of ether oxygens (including phenoxy) is 3. The van der Waals surface area contributed by atoms with Gasteiger partial charge < -0.3 is 29.3 Å². The van der Waals surface area contributed by atoms with Crippen LogP contribution < -0.4 is 23.8 Å². The Hall–Kier alpha value is -4.87. The zero-order valence-electron chi connectivity index (χ0n) is 28.8. The van der Waals surface area contributed by atoms with Crippen molar-refractivity contribution in [2.45, 2.75) is 50.0 Å². The molecule has 2 aromatic carbocycles. The highest BCUT2D eigenvalue weighted by molar-refractivity contribution is 7.93. The maximum absolute atomic E-state index is 15.2. The highest BCUT2D eigenvalue weighted by Gasteiger charge is 2.59. The van der Waals surface area contributed by atoms with Crippen LogP contribution in [0, 0.1) is 16.7 Å². The normalized spacial score (nSPS) is 20.3. The number of piperidine rings is 2. The Balaban J connectivity index is 1.47.